The van der Waals surface area contributed by atoms with E-state index >= 15 is 0 Å². The van der Waals surface area contributed by atoms with Gasteiger partial charge in [-0.25, -0.2) is 0 Å². The van der Waals surface area contributed by atoms with E-state index in [0.717, 1.165) is 18.6 Å². The number of rotatable bonds is 5. The minimum Gasteiger partial charge on any atom is -0.469 e. The van der Waals surface area contributed by atoms with Gasteiger partial charge in [0.05, 0.1) is 6.26 Å². The van der Waals surface area contributed by atoms with Gasteiger partial charge in [-0.2, -0.15) is 0 Å². The molecule has 1 rings (SSSR count). The molecule has 1 unspecified atom stereocenters. The van der Waals surface area contributed by atoms with E-state index in [1.165, 1.54) is 12.8 Å². The van der Waals surface area contributed by atoms with Gasteiger partial charge in [-0.15, -0.1) is 12.4 Å². The molecule has 0 radical (unpaired) electrons. The molecule has 0 saturated heterocycles. The predicted molar refractivity (Wildman–Crippen MR) is 57.2 cm³/mol. The highest BCUT2D eigenvalue weighted by molar-refractivity contribution is 5.85. The summed E-state index contributed by atoms with van der Waals surface area (Å²) in [6.07, 6.45) is 6.24. The van der Waals surface area contributed by atoms with E-state index in [-0.39, 0.29) is 12.4 Å². The highest BCUT2D eigenvalue weighted by atomic mass is 35.5. The zero-order valence-corrected chi connectivity index (χ0v) is 8.85. The van der Waals surface area contributed by atoms with Crippen molar-refractivity contribution in [3.63, 3.8) is 0 Å². The summed E-state index contributed by atoms with van der Waals surface area (Å²) in [6.45, 7) is 2.05. The second-order valence-electron chi connectivity index (χ2n) is 3.30. The molecule has 0 aromatic carbocycles. The average Bonchev–Trinajstić information content (AvgIpc) is 2.49. The van der Waals surface area contributed by atoms with Crippen LogP contribution in [-0.4, -0.2) is 6.04 Å². The number of hydrogen-bond acceptors (Lipinski definition) is 2. The quantitative estimate of drug-likeness (QED) is 0.748. The van der Waals surface area contributed by atoms with Gasteiger partial charge in [0.1, 0.15) is 5.76 Å². The van der Waals surface area contributed by atoms with Crippen molar-refractivity contribution in [1.82, 2.24) is 0 Å². The molecule has 1 aromatic rings. The molecule has 0 spiro atoms. The van der Waals surface area contributed by atoms with Gasteiger partial charge >= 0.3 is 0 Å². The molecular weight excluding hydrogens is 186 g/mol. The topological polar surface area (TPSA) is 39.2 Å². The van der Waals surface area contributed by atoms with Crippen molar-refractivity contribution >= 4 is 12.4 Å². The van der Waals surface area contributed by atoms with Crippen LogP contribution in [0.15, 0.2) is 22.8 Å². The van der Waals surface area contributed by atoms with Crippen LogP contribution < -0.4 is 5.73 Å². The molecule has 13 heavy (non-hydrogen) atoms. The molecule has 1 aromatic heterocycles. The monoisotopic (exact) mass is 203 g/mol. The standard InChI is InChI=1S/C10H17NO.ClH/c1-9(11)5-2-3-6-10-7-4-8-12-10;/h4,7-9H,2-3,5-6,11H2,1H3;1H. The molecule has 0 bridgehead atoms. The molecule has 0 fully saturated rings. The smallest absolute Gasteiger partial charge is 0.103 e. The van der Waals surface area contributed by atoms with Crippen molar-refractivity contribution in [2.24, 2.45) is 5.73 Å². The molecule has 1 heterocycles. The van der Waals surface area contributed by atoms with Crippen LogP contribution in [-0.2, 0) is 6.42 Å². The van der Waals surface area contributed by atoms with E-state index in [9.17, 15) is 0 Å². The molecule has 0 saturated carbocycles. The highest BCUT2D eigenvalue weighted by Gasteiger charge is 1.97. The Bertz CT molecular complexity index is 197. The normalized spacial score (nSPS) is 12.2. The van der Waals surface area contributed by atoms with Crippen molar-refractivity contribution in [3.8, 4) is 0 Å². The number of nitrogens with two attached hydrogens (primary N) is 1. The molecule has 2 nitrogen and oxygen atoms in total. The molecule has 76 valence electrons. The van der Waals surface area contributed by atoms with Crippen LogP contribution in [0, 0.1) is 0 Å². The summed E-state index contributed by atoms with van der Waals surface area (Å²) >= 11 is 0. The Hall–Kier alpha value is -0.470. The second-order valence-corrected chi connectivity index (χ2v) is 3.30. The lowest BCUT2D eigenvalue weighted by Crippen LogP contribution is -2.13. The van der Waals surface area contributed by atoms with Gasteiger partial charge in [-0.05, 0) is 31.9 Å². The van der Waals surface area contributed by atoms with Crippen molar-refractivity contribution < 1.29 is 4.42 Å². The fourth-order valence-electron chi connectivity index (χ4n) is 1.22. The lowest BCUT2D eigenvalue weighted by Gasteiger charge is -2.02. The fourth-order valence-corrected chi connectivity index (χ4v) is 1.22. The zero-order valence-electron chi connectivity index (χ0n) is 8.03. The molecule has 0 aliphatic heterocycles. The van der Waals surface area contributed by atoms with Gasteiger partial charge in [0.15, 0.2) is 0 Å². The Balaban J connectivity index is 0.00000144. The summed E-state index contributed by atoms with van der Waals surface area (Å²) in [5.74, 6) is 1.08. The Labute approximate surface area is 85.9 Å². The molecule has 0 amide bonds. The lowest BCUT2D eigenvalue weighted by atomic mass is 10.1. The third-order valence-corrected chi connectivity index (χ3v) is 1.91. The average molecular weight is 204 g/mol. The molecule has 2 N–H and O–H groups in total. The van der Waals surface area contributed by atoms with E-state index in [2.05, 4.69) is 0 Å². The van der Waals surface area contributed by atoms with E-state index < -0.39 is 0 Å². The molecule has 1 atom stereocenters. The highest BCUT2D eigenvalue weighted by Crippen LogP contribution is 2.07. The summed E-state index contributed by atoms with van der Waals surface area (Å²) in [5.41, 5.74) is 5.63. The van der Waals surface area contributed by atoms with Crippen LogP contribution >= 0.6 is 12.4 Å². The molecule has 0 aliphatic carbocycles. The number of aryl methyl sites for hydroxylation is 1. The van der Waals surface area contributed by atoms with Gasteiger partial charge in [0, 0.05) is 12.5 Å². The Kier molecular flexibility index (Phi) is 6.73. The Morgan fingerprint density at radius 2 is 2.23 bits per heavy atom. The first-order chi connectivity index (χ1) is 5.79. The first-order valence-electron chi connectivity index (χ1n) is 4.57. The maximum Gasteiger partial charge on any atom is 0.103 e. The zero-order chi connectivity index (χ0) is 8.81. The first kappa shape index (κ1) is 12.5. The van der Waals surface area contributed by atoms with Crippen LogP contribution in [0.25, 0.3) is 0 Å². The van der Waals surface area contributed by atoms with Gasteiger partial charge in [-0.1, -0.05) is 6.42 Å². The van der Waals surface area contributed by atoms with Gasteiger partial charge in [0.2, 0.25) is 0 Å². The first-order valence-corrected chi connectivity index (χ1v) is 4.57. The third-order valence-electron chi connectivity index (χ3n) is 1.91. The molecule has 3 heteroatoms. The molecule has 0 aliphatic rings. The van der Waals surface area contributed by atoms with E-state index in [0.29, 0.717) is 6.04 Å². The van der Waals surface area contributed by atoms with Crippen LogP contribution in [0.4, 0.5) is 0 Å². The summed E-state index contributed by atoms with van der Waals surface area (Å²) in [4.78, 5) is 0. The van der Waals surface area contributed by atoms with Gasteiger partial charge in [-0.3, -0.25) is 0 Å². The third kappa shape index (κ3) is 5.72. The number of furan rings is 1. The summed E-state index contributed by atoms with van der Waals surface area (Å²) in [7, 11) is 0. The summed E-state index contributed by atoms with van der Waals surface area (Å²) in [6, 6.07) is 4.29. The van der Waals surface area contributed by atoms with E-state index in [1.54, 1.807) is 6.26 Å². The largest absolute Gasteiger partial charge is 0.469 e. The number of hydrogen-bond donors (Lipinski definition) is 1. The minimum atomic E-state index is 0. The number of unbranched alkanes of at least 4 members (excludes halogenated alkanes) is 1. The van der Waals surface area contributed by atoms with Crippen molar-refractivity contribution in [2.45, 2.75) is 38.6 Å². The fraction of sp³-hybridized carbons (Fsp3) is 0.600. The van der Waals surface area contributed by atoms with Crippen molar-refractivity contribution in [2.75, 3.05) is 0 Å². The van der Waals surface area contributed by atoms with Gasteiger partial charge < -0.3 is 10.2 Å². The predicted octanol–water partition coefficient (Wildman–Crippen LogP) is 2.76. The Morgan fingerprint density at radius 3 is 2.77 bits per heavy atom. The van der Waals surface area contributed by atoms with Crippen molar-refractivity contribution in [1.29, 1.82) is 0 Å². The van der Waals surface area contributed by atoms with E-state index in [1.807, 2.05) is 19.1 Å². The maximum atomic E-state index is 5.63. The second kappa shape index (κ2) is 6.98. The van der Waals surface area contributed by atoms with Crippen LogP contribution in [0.5, 0.6) is 0 Å². The van der Waals surface area contributed by atoms with Crippen molar-refractivity contribution in [3.05, 3.63) is 24.2 Å². The van der Waals surface area contributed by atoms with Crippen LogP contribution in [0.2, 0.25) is 0 Å². The van der Waals surface area contributed by atoms with Crippen LogP contribution in [0.1, 0.15) is 31.9 Å². The van der Waals surface area contributed by atoms with E-state index in [4.69, 9.17) is 10.2 Å². The maximum absolute atomic E-state index is 5.63. The minimum absolute atomic E-state index is 0. The summed E-state index contributed by atoms with van der Waals surface area (Å²) in [5, 5.41) is 0. The lowest BCUT2D eigenvalue weighted by molar-refractivity contribution is 0.490. The summed E-state index contributed by atoms with van der Waals surface area (Å²) < 4.78 is 5.21. The SMILES string of the molecule is CC(N)CCCCc1ccco1.Cl. The van der Waals surface area contributed by atoms with Gasteiger partial charge in [0.25, 0.3) is 0 Å². The number of halogens is 1. The van der Waals surface area contributed by atoms with Crippen LogP contribution in [0.3, 0.4) is 0 Å². The molecular formula is C10H18ClNO. The Morgan fingerprint density at radius 1 is 1.46 bits per heavy atom.